The van der Waals surface area contributed by atoms with E-state index in [1.807, 2.05) is 0 Å². The summed E-state index contributed by atoms with van der Waals surface area (Å²) in [6.07, 6.45) is 13.8. The third-order valence-corrected chi connectivity index (χ3v) is 2.29. The van der Waals surface area contributed by atoms with Gasteiger partial charge in [0, 0.05) is 6.42 Å². The Labute approximate surface area is 88.6 Å². The van der Waals surface area contributed by atoms with Crippen LogP contribution in [0.3, 0.4) is 0 Å². The highest BCUT2D eigenvalue weighted by atomic mass is 16.1. The van der Waals surface area contributed by atoms with E-state index >= 15 is 0 Å². The molecule has 0 rings (SSSR count). The van der Waals surface area contributed by atoms with Crippen molar-refractivity contribution in [3.8, 4) is 0 Å². The second kappa shape index (κ2) is 10.5. The van der Waals surface area contributed by atoms with Crippen LogP contribution in [-0.4, -0.2) is 5.78 Å². The molecule has 0 spiro atoms. The first-order chi connectivity index (χ1) is 6.77. The summed E-state index contributed by atoms with van der Waals surface area (Å²) in [5.41, 5.74) is 0. The predicted molar refractivity (Wildman–Crippen MR) is 62.4 cm³/mol. The van der Waals surface area contributed by atoms with Crippen molar-refractivity contribution in [2.45, 2.75) is 65.2 Å². The van der Waals surface area contributed by atoms with Crippen LogP contribution < -0.4 is 0 Å². The maximum atomic E-state index is 10.6. The zero-order valence-electron chi connectivity index (χ0n) is 9.72. The van der Waals surface area contributed by atoms with Crippen LogP contribution in [0.4, 0.5) is 0 Å². The first-order valence-corrected chi connectivity index (χ1v) is 5.91. The normalized spacial score (nSPS) is 11.0. The zero-order chi connectivity index (χ0) is 10.6. The molecule has 0 radical (unpaired) electrons. The van der Waals surface area contributed by atoms with Gasteiger partial charge in [0.1, 0.15) is 5.78 Å². The molecule has 0 saturated carbocycles. The van der Waals surface area contributed by atoms with Gasteiger partial charge in [-0.3, -0.25) is 0 Å². The highest BCUT2D eigenvalue weighted by Crippen LogP contribution is 2.04. The molecule has 0 aliphatic rings. The zero-order valence-corrected chi connectivity index (χ0v) is 9.72. The van der Waals surface area contributed by atoms with Gasteiger partial charge in [-0.25, -0.2) is 0 Å². The number of carbonyl (C=O) groups excluding carboxylic acids is 1. The van der Waals surface area contributed by atoms with Crippen molar-refractivity contribution in [3.63, 3.8) is 0 Å². The monoisotopic (exact) mass is 196 g/mol. The van der Waals surface area contributed by atoms with Gasteiger partial charge in [-0.15, -0.1) is 0 Å². The SMILES string of the molecule is CCCCCCC=CCCCC(C)=O. The Morgan fingerprint density at radius 1 is 1.00 bits per heavy atom. The van der Waals surface area contributed by atoms with E-state index in [9.17, 15) is 4.79 Å². The van der Waals surface area contributed by atoms with Crippen LogP contribution in [0.25, 0.3) is 0 Å². The number of Topliss-reactive ketones (excluding diaryl/α,β-unsaturated/α-hetero) is 1. The Bertz CT molecular complexity index is 159. The highest BCUT2D eigenvalue weighted by molar-refractivity contribution is 5.75. The Hall–Kier alpha value is -0.590. The van der Waals surface area contributed by atoms with Gasteiger partial charge in [0.25, 0.3) is 0 Å². The smallest absolute Gasteiger partial charge is 0.129 e. The fourth-order valence-corrected chi connectivity index (χ4v) is 1.39. The molecule has 0 unspecified atom stereocenters. The van der Waals surface area contributed by atoms with E-state index < -0.39 is 0 Å². The molecule has 0 aliphatic heterocycles. The molecule has 0 aromatic heterocycles. The summed E-state index contributed by atoms with van der Waals surface area (Å²) in [7, 11) is 0. The fraction of sp³-hybridized carbons (Fsp3) is 0.769. The second-order valence-corrected chi connectivity index (χ2v) is 3.91. The second-order valence-electron chi connectivity index (χ2n) is 3.91. The molecule has 82 valence electrons. The third kappa shape index (κ3) is 11.4. The lowest BCUT2D eigenvalue weighted by atomic mass is 10.1. The van der Waals surface area contributed by atoms with Crippen LogP contribution >= 0.6 is 0 Å². The Morgan fingerprint density at radius 3 is 2.21 bits per heavy atom. The van der Waals surface area contributed by atoms with Crippen molar-refractivity contribution in [3.05, 3.63) is 12.2 Å². The highest BCUT2D eigenvalue weighted by Gasteiger charge is 1.90. The summed E-state index contributed by atoms with van der Waals surface area (Å²) in [6.45, 7) is 3.89. The summed E-state index contributed by atoms with van der Waals surface area (Å²) in [6, 6.07) is 0. The van der Waals surface area contributed by atoms with Crippen molar-refractivity contribution < 1.29 is 4.79 Å². The number of ketones is 1. The standard InChI is InChI=1S/C13H24O/c1-3-4-5-6-7-8-9-10-11-12-13(2)14/h8-9H,3-7,10-12H2,1-2H3. The van der Waals surface area contributed by atoms with Crippen molar-refractivity contribution in [2.75, 3.05) is 0 Å². The summed E-state index contributed by atoms with van der Waals surface area (Å²) < 4.78 is 0. The first-order valence-electron chi connectivity index (χ1n) is 5.91. The maximum absolute atomic E-state index is 10.6. The van der Waals surface area contributed by atoms with E-state index in [0.717, 1.165) is 19.3 Å². The molecule has 1 heteroatoms. The molecule has 0 N–H and O–H groups in total. The molecule has 0 amide bonds. The van der Waals surface area contributed by atoms with Gasteiger partial charge >= 0.3 is 0 Å². The molecule has 1 nitrogen and oxygen atoms in total. The van der Waals surface area contributed by atoms with E-state index in [2.05, 4.69) is 19.1 Å². The lowest BCUT2D eigenvalue weighted by Crippen LogP contribution is -1.87. The molecule has 0 bridgehead atoms. The molecule has 0 saturated heterocycles. The van der Waals surface area contributed by atoms with Crippen molar-refractivity contribution in [2.24, 2.45) is 0 Å². The van der Waals surface area contributed by atoms with Crippen molar-refractivity contribution >= 4 is 5.78 Å². The molecule has 0 atom stereocenters. The number of hydrogen-bond donors (Lipinski definition) is 0. The van der Waals surface area contributed by atoms with Gasteiger partial charge in [-0.1, -0.05) is 38.3 Å². The number of carbonyl (C=O) groups is 1. The molecule has 0 fully saturated rings. The Balaban J connectivity index is 3.07. The average Bonchev–Trinajstić information content (AvgIpc) is 2.15. The van der Waals surface area contributed by atoms with Crippen LogP contribution in [0.2, 0.25) is 0 Å². The lowest BCUT2D eigenvalue weighted by Gasteiger charge is -1.94. The topological polar surface area (TPSA) is 17.1 Å². The van der Waals surface area contributed by atoms with E-state index in [1.165, 1.54) is 32.1 Å². The van der Waals surface area contributed by atoms with Gasteiger partial charge in [-0.05, 0) is 32.6 Å². The number of allylic oxidation sites excluding steroid dienone is 2. The van der Waals surface area contributed by atoms with Crippen LogP contribution in [-0.2, 0) is 4.79 Å². The third-order valence-electron chi connectivity index (χ3n) is 2.29. The minimum absolute atomic E-state index is 0.307. The van der Waals surface area contributed by atoms with Crippen molar-refractivity contribution in [1.82, 2.24) is 0 Å². The summed E-state index contributed by atoms with van der Waals surface area (Å²) >= 11 is 0. The van der Waals surface area contributed by atoms with Crippen LogP contribution in [0.1, 0.15) is 65.2 Å². The van der Waals surface area contributed by atoms with Gasteiger partial charge in [0.2, 0.25) is 0 Å². The van der Waals surface area contributed by atoms with E-state index in [0.29, 0.717) is 5.78 Å². The lowest BCUT2D eigenvalue weighted by molar-refractivity contribution is -0.117. The van der Waals surface area contributed by atoms with Crippen molar-refractivity contribution in [1.29, 1.82) is 0 Å². The Morgan fingerprint density at radius 2 is 1.64 bits per heavy atom. The van der Waals surface area contributed by atoms with Gasteiger partial charge in [0.05, 0.1) is 0 Å². The van der Waals surface area contributed by atoms with Crippen LogP contribution in [0.5, 0.6) is 0 Å². The molecule has 14 heavy (non-hydrogen) atoms. The van der Waals surface area contributed by atoms with Crippen LogP contribution in [0, 0.1) is 0 Å². The van der Waals surface area contributed by atoms with Gasteiger partial charge < -0.3 is 4.79 Å². The van der Waals surface area contributed by atoms with Gasteiger partial charge in [0.15, 0.2) is 0 Å². The maximum Gasteiger partial charge on any atom is 0.129 e. The summed E-state index contributed by atoms with van der Waals surface area (Å²) in [5.74, 6) is 0.307. The quantitative estimate of drug-likeness (QED) is 0.397. The Kier molecular flexibility index (Phi) is 10.0. The van der Waals surface area contributed by atoms with E-state index in [-0.39, 0.29) is 0 Å². The van der Waals surface area contributed by atoms with E-state index in [1.54, 1.807) is 6.92 Å². The largest absolute Gasteiger partial charge is 0.300 e. The van der Waals surface area contributed by atoms with Crippen LogP contribution in [0.15, 0.2) is 12.2 Å². The fourth-order valence-electron chi connectivity index (χ4n) is 1.39. The minimum Gasteiger partial charge on any atom is -0.300 e. The molecule has 0 aromatic carbocycles. The number of rotatable bonds is 9. The van der Waals surface area contributed by atoms with Gasteiger partial charge in [-0.2, -0.15) is 0 Å². The molecule has 0 aromatic rings. The molecular weight excluding hydrogens is 172 g/mol. The molecule has 0 heterocycles. The molecule has 0 aliphatic carbocycles. The summed E-state index contributed by atoms with van der Waals surface area (Å²) in [4.78, 5) is 10.6. The minimum atomic E-state index is 0.307. The predicted octanol–water partition coefficient (Wildman–Crippen LogP) is 4.27. The number of unbranched alkanes of at least 4 members (excludes halogenated alkanes) is 5. The molecular formula is C13H24O. The first kappa shape index (κ1) is 13.4. The summed E-state index contributed by atoms with van der Waals surface area (Å²) in [5, 5.41) is 0. The average molecular weight is 196 g/mol. The van der Waals surface area contributed by atoms with E-state index in [4.69, 9.17) is 0 Å². The number of hydrogen-bond acceptors (Lipinski definition) is 1.